The number of alkyl halides is 3. The average Bonchev–Trinajstić information content (AvgIpc) is 2.39. The van der Waals surface area contributed by atoms with Gasteiger partial charge >= 0.3 is 6.18 Å². The van der Waals surface area contributed by atoms with Crippen LogP contribution in [0.3, 0.4) is 0 Å². The Morgan fingerprint density at radius 1 is 1.05 bits per heavy atom. The van der Waals surface area contributed by atoms with Crippen molar-refractivity contribution in [2.45, 2.75) is 13.1 Å². The van der Waals surface area contributed by atoms with Crippen LogP contribution >= 0.6 is 0 Å². The summed E-state index contributed by atoms with van der Waals surface area (Å²) in [4.78, 5) is 4.06. The van der Waals surface area contributed by atoms with Crippen LogP contribution in [0, 0.1) is 6.07 Å². The maximum Gasteiger partial charge on any atom is 0.418 e. The van der Waals surface area contributed by atoms with Crippen LogP contribution in [-0.2, 0) is 27.2 Å². The number of halogens is 3. The van der Waals surface area contributed by atoms with Gasteiger partial charge in [-0.05, 0) is 17.8 Å². The Balaban J connectivity index is 0.00000200. The van der Waals surface area contributed by atoms with Crippen LogP contribution in [0.25, 0.3) is 0 Å². The molecule has 2 aromatic rings. The topological polar surface area (TPSA) is 12.4 Å². The van der Waals surface area contributed by atoms with E-state index in [-0.39, 0.29) is 26.8 Å². The van der Waals surface area contributed by atoms with Gasteiger partial charge in [0, 0.05) is 21.1 Å². The molecule has 0 amide bonds. The molecular weight excluding hydrogens is 435 g/mol. The van der Waals surface area contributed by atoms with E-state index in [4.69, 9.17) is 0 Å². The summed E-state index contributed by atoms with van der Waals surface area (Å²) in [6.07, 6.45) is -4.40. The van der Waals surface area contributed by atoms with Crippen LogP contribution in [0.15, 0.2) is 53.5 Å². The first kappa shape index (κ1) is 16.6. The van der Waals surface area contributed by atoms with Crippen molar-refractivity contribution in [1.82, 2.24) is 0 Å². The van der Waals surface area contributed by atoms with Crippen molar-refractivity contribution in [3.63, 3.8) is 0 Å². The van der Waals surface area contributed by atoms with E-state index >= 15 is 0 Å². The van der Waals surface area contributed by atoms with Crippen LogP contribution in [0.2, 0.25) is 0 Å². The fourth-order valence-corrected chi connectivity index (χ4v) is 1.67. The minimum atomic E-state index is -4.40. The molecule has 5 heteroatoms. The minimum absolute atomic E-state index is 0. The molecule has 0 saturated heterocycles. The van der Waals surface area contributed by atoms with Crippen molar-refractivity contribution in [3.8, 4) is 0 Å². The molecule has 104 valence electrons. The molecule has 0 saturated carbocycles. The Bertz CT molecular complexity index is 592. The van der Waals surface area contributed by atoms with Crippen molar-refractivity contribution in [2.75, 3.05) is 0 Å². The Hall–Kier alpha value is -1.41. The van der Waals surface area contributed by atoms with Gasteiger partial charge in [-0.25, -0.2) is 0 Å². The van der Waals surface area contributed by atoms with Gasteiger partial charge in [-0.15, -0.1) is 35.9 Å². The summed E-state index contributed by atoms with van der Waals surface area (Å²) < 4.78 is 38.5. The fraction of sp³-hybridized carbons (Fsp3) is 0.133. The van der Waals surface area contributed by atoms with Crippen molar-refractivity contribution in [2.24, 2.45) is 4.99 Å². The first-order chi connectivity index (χ1) is 8.98. The van der Waals surface area contributed by atoms with Gasteiger partial charge in [-0.2, -0.15) is 13.2 Å². The predicted molar refractivity (Wildman–Crippen MR) is 68.6 cm³/mol. The summed E-state index contributed by atoms with van der Waals surface area (Å²) >= 11 is 0. The molecule has 0 radical (unpaired) electrons. The number of nitrogens with zero attached hydrogens (tertiary/aromatic N) is 1. The van der Waals surface area contributed by atoms with Gasteiger partial charge in [0.25, 0.3) is 0 Å². The third kappa shape index (κ3) is 4.04. The first-order valence-electron chi connectivity index (χ1n) is 5.67. The van der Waals surface area contributed by atoms with Crippen LogP contribution in [0.5, 0.6) is 0 Å². The van der Waals surface area contributed by atoms with Crippen LogP contribution < -0.4 is 0 Å². The van der Waals surface area contributed by atoms with Crippen molar-refractivity contribution >= 4 is 11.4 Å². The molecule has 0 N–H and O–H groups in total. The Labute approximate surface area is 129 Å². The normalized spacial score (nSPS) is 11.9. The molecule has 1 nitrogen and oxygen atoms in total. The SMILES string of the molecule is CC(=Nc1ccccc1C(F)(F)F)c1[c-]cccc1.[W]. The fourth-order valence-electron chi connectivity index (χ4n) is 1.67. The van der Waals surface area contributed by atoms with Gasteiger partial charge in [-0.1, -0.05) is 19.1 Å². The zero-order valence-corrected chi connectivity index (χ0v) is 13.5. The van der Waals surface area contributed by atoms with E-state index in [0.717, 1.165) is 6.07 Å². The second kappa shape index (κ2) is 6.85. The molecule has 0 atom stereocenters. The van der Waals surface area contributed by atoms with Gasteiger partial charge in [0.2, 0.25) is 0 Å². The number of hydrogen-bond acceptors (Lipinski definition) is 1. The average molecular weight is 446 g/mol. The molecule has 0 fully saturated rings. The molecule has 0 unspecified atom stereocenters. The summed E-state index contributed by atoms with van der Waals surface area (Å²) in [7, 11) is 0. The van der Waals surface area contributed by atoms with Gasteiger partial charge < -0.3 is 4.99 Å². The largest absolute Gasteiger partial charge is 0.418 e. The zero-order valence-electron chi connectivity index (χ0n) is 10.6. The number of benzene rings is 2. The van der Waals surface area contributed by atoms with Crippen LogP contribution in [0.1, 0.15) is 18.1 Å². The molecule has 0 aromatic heterocycles. The summed E-state index contributed by atoms with van der Waals surface area (Å²) in [5.41, 5.74) is 0.367. The molecule has 0 aliphatic carbocycles. The van der Waals surface area contributed by atoms with Crippen molar-refractivity contribution in [1.29, 1.82) is 0 Å². The summed E-state index contributed by atoms with van der Waals surface area (Å²) in [5.74, 6) is 0. The standard InChI is InChI=1S/C15H11F3N.W/c1-11(12-7-3-2-4-8-12)19-14-10-6-5-9-13(14)15(16,17)18;/h2-7,9-10H,1H3;/q-1;. The Kier molecular flexibility index (Phi) is 5.70. The second-order valence-corrected chi connectivity index (χ2v) is 3.99. The first-order valence-corrected chi connectivity index (χ1v) is 5.67. The van der Waals surface area contributed by atoms with Gasteiger partial charge in [0.1, 0.15) is 0 Å². The monoisotopic (exact) mass is 446 g/mol. The number of rotatable bonds is 2. The summed E-state index contributed by atoms with van der Waals surface area (Å²) in [5, 5.41) is 0. The van der Waals surface area contributed by atoms with Crippen molar-refractivity contribution < 1.29 is 34.2 Å². The van der Waals surface area contributed by atoms with Gasteiger partial charge in [-0.3, -0.25) is 0 Å². The maximum absolute atomic E-state index is 12.8. The Morgan fingerprint density at radius 3 is 2.30 bits per heavy atom. The number of para-hydroxylation sites is 1. The minimum Gasteiger partial charge on any atom is -0.301 e. The second-order valence-electron chi connectivity index (χ2n) is 3.99. The van der Waals surface area contributed by atoms with Gasteiger partial charge in [0.15, 0.2) is 0 Å². The van der Waals surface area contributed by atoms with E-state index in [2.05, 4.69) is 11.1 Å². The van der Waals surface area contributed by atoms with E-state index in [9.17, 15) is 13.2 Å². The van der Waals surface area contributed by atoms with E-state index in [0.29, 0.717) is 11.3 Å². The molecule has 0 bridgehead atoms. The summed E-state index contributed by atoms with van der Waals surface area (Å²) in [6.45, 7) is 1.67. The van der Waals surface area contributed by atoms with E-state index in [1.54, 1.807) is 31.2 Å². The predicted octanol–water partition coefficient (Wildman–Crippen LogP) is 4.64. The van der Waals surface area contributed by atoms with E-state index in [1.807, 2.05) is 0 Å². The zero-order chi connectivity index (χ0) is 13.9. The molecule has 0 heterocycles. The molecule has 0 aliphatic heterocycles. The molecule has 20 heavy (non-hydrogen) atoms. The maximum atomic E-state index is 12.8. The molecular formula is C15H11F3NW-. The third-order valence-electron chi connectivity index (χ3n) is 2.60. The molecule has 2 aromatic carbocycles. The molecule has 2 rings (SSSR count). The quantitative estimate of drug-likeness (QED) is 0.471. The Morgan fingerprint density at radius 2 is 1.70 bits per heavy atom. The molecule has 0 spiro atoms. The van der Waals surface area contributed by atoms with Crippen LogP contribution in [-0.4, -0.2) is 5.71 Å². The van der Waals surface area contributed by atoms with Crippen molar-refractivity contribution in [3.05, 3.63) is 65.7 Å². The molecule has 0 aliphatic rings. The van der Waals surface area contributed by atoms with E-state index < -0.39 is 11.7 Å². The van der Waals surface area contributed by atoms with Crippen LogP contribution in [0.4, 0.5) is 18.9 Å². The number of hydrogen-bond donors (Lipinski definition) is 0. The third-order valence-corrected chi connectivity index (χ3v) is 2.60. The van der Waals surface area contributed by atoms with Gasteiger partial charge in [0.05, 0.1) is 11.3 Å². The number of aliphatic imine (C=N–C) groups is 1. The summed E-state index contributed by atoms with van der Waals surface area (Å²) in [6, 6.07) is 15.3. The van der Waals surface area contributed by atoms with E-state index in [1.165, 1.54) is 18.2 Å². The smallest absolute Gasteiger partial charge is 0.301 e.